The van der Waals surface area contributed by atoms with Gasteiger partial charge in [-0.25, -0.2) is 9.59 Å². The number of hydrogen-bond acceptors (Lipinski definition) is 14. The summed E-state index contributed by atoms with van der Waals surface area (Å²) in [6.45, 7) is 15.7. The fraction of sp³-hybridized carbons (Fsp3) is 0.612. The van der Waals surface area contributed by atoms with Gasteiger partial charge in [-0.2, -0.15) is 0 Å². The van der Waals surface area contributed by atoms with E-state index in [0.717, 1.165) is 10.5 Å². The molecule has 2 saturated heterocycles. The molecule has 1 unspecified atom stereocenters. The number of nitrogens with two attached hydrogens (primary N) is 1. The number of ether oxygens (including phenoxy) is 2. The fourth-order valence-electron chi connectivity index (χ4n) is 12.1. The Kier molecular flexibility index (Phi) is 29.7. The van der Waals surface area contributed by atoms with Gasteiger partial charge in [-0.15, -0.1) is 0 Å². The van der Waals surface area contributed by atoms with E-state index in [1.165, 1.54) is 36.1 Å². The van der Waals surface area contributed by atoms with Crippen LogP contribution in [0, 0.1) is 23.7 Å². The minimum absolute atomic E-state index is 0.0844. The van der Waals surface area contributed by atoms with E-state index >= 15 is 0 Å². The number of hydrogen-bond donors (Lipinski definition) is 7. The maximum atomic E-state index is 14.8. The molecule has 26 heteroatoms. The van der Waals surface area contributed by atoms with Crippen LogP contribution in [0.5, 0.6) is 0 Å². The molecule has 93 heavy (non-hydrogen) atoms. The Morgan fingerprint density at radius 2 is 1.31 bits per heavy atom. The maximum Gasteiger partial charge on any atom is 0.410 e. The van der Waals surface area contributed by atoms with Crippen molar-refractivity contribution in [2.75, 3.05) is 52.7 Å². The van der Waals surface area contributed by atoms with Crippen LogP contribution < -0.4 is 37.6 Å². The largest absolute Gasteiger partial charge is 0.445 e. The molecular formula is C67H100N12O14. The molecule has 3 heterocycles. The number of nitrogens with one attached hydrogen (secondary N) is 6. The Labute approximate surface area is 546 Å². The average molecular weight is 1300 g/mol. The first-order valence-corrected chi connectivity index (χ1v) is 32.7. The molecule has 26 nitrogen and oxygen atoms in total. The SMILES string of the molecule is CC[C@H](C)C([C@@H](CC(=O)N1CCC[C@H]1C(=O)N1CCC[C@H]1C(=O)NCc1ccccc1)OC)N(C)C(=O)[C@@H](NC(=O)[C@H](C(C)C)N(C)C(=O)OCc1ccc(NC(=O)[C@H](CCCNC(N)=O)NC(=O)[C@@H](NC(=O)CCCCCN2C(=O)C=CC2=O)C(C)C)cc1)C(C)C. The zero-order chi connectivity index (χ0) is 68.6. The summed E-state index contributed by atoms with van der Waals surface area (Å²) in [5, 5.41) is 16.7. The molecule has 13 amide bonds. The van der Waals surface area contributed by atoms with Gasteiger partial charge in [0.1, 0.15) is 42.9 Å². The average Bonchev–Trinajstić information content (AvgIpc) is 1.77. The summed E-state index contributed by atoms with van der Waals surface area (Å²) in [5.41, 5.74) is 7.04. The van der Waals surface area contributed by atoms with Crippen molar-refractivity contribution < 1.29 is 67.0 Å². The van der Waals surface area contributed by atoms with E-state index in [-0.39, 0.29) is 92.7 Å². The molecule has 0 bridgehead atoms. The highest BCUT2D eigenvalue weighted by molar-refractivity contribution is 6.12. The van der Waals surface area contributed by atoms with Gasteiger partial charge in [0.05, 0.1) is 18.6 Å². The third kappa shape index (κ3) is 21.8. The van der Waals surface area contributed by atoms with E-state index in [4.69, 9.17) is 15.2 Å². The van der Waals surface area contributed by atoms with Crippen LogP contribution in [-0.4, -0.2) is 191 Å². The van der Waals surface area contributed by atoms with Gasteiger partial charge in [-0.3, -0.25) is 57.7 Å². The van der Waals surface area contributed by atoms with Gasteiger partial charge in [0.25, 0.3) is 11.8 Å². The van der Waals surface area contributed by atoms with Crippen molar-refractivity contribution in [2.24, 2.45) is 29.4 Å². The summed E-state index contributed by atoms with van der Waals surface area (Å²) < 4.78 is 11.7. The van der Waals surface area contributed by atoms with Crippen LogP contribution in [-0.2, 0) is 70.6 Å². The number of carbonyl (C=O) groups excluding carboxylic acids is 12. The van der Waals surface area contributed by atoms with Crippen molar-refractivity contribution in [3.63, 3.8) is 0 Å². The van der Waals surface area contributed by atoms with E-state index < -0.39 is 96.0 Å². The molecule has 3 aliphatic heterocycles. The number of unbranched alkanes of at least 4 members (excludes halogenated alkanes) is 2. The fourth-order valence-corrected chi connectivity index (χ4v) is 12.1. The highest BCUT2D eigenvalue weighted by Crippen LogP contribution is 2.29. The third-order valence-corrected chi connectivity index (χ3v) is 17.6. The van der Waals surface area contributed by atoms with Gasteiger partial charge < -0.3 is 61.8 Å². The number of rotatable bonds is 35. The number of carbonyl (C=O) groups is 12. The van der Waals surface area contributed by atoms with Crippen LogP contribution in [0.15, 0.2) is 66.7 Å². The summed E-state index contributed by atoms with van der Waals surface area (Å²) in [6.07, 6.45) is 5.43. The number of imide groups is 1. The van der Waals surface area contributed by atoms with Crippen LogP contribution in [0.3, 0.4) is 0 Å². The number of primary amides is 1. The number of nitrogens with zero attached hydrogens (tertiary/aromatic N) is 5. The van der Waals surface area contributed by atoms with E-state index in [1.54, 1.807) is 82.7 Å². The Morgan fingerprint density at radius 1 is 0.677 bits per heavy atom. The number of likely N-dealkylation sites (tertiary alicyclic amines) is 2. The normalized spacial score (nSPS) is 17.7. The summed E-state index contributed by atoms with van der Waals surface area (Å²) in [7, 11) is 4.53. The topological polar surface area (TPSA) is 338 Å². The number of methoxy groups -OCH3 is 1. The lowest BCUT2D eigenvalue weighted by Gasteiger charge is -2.40. The standard InChI is InChI=1S/C67H100N12O14/c1-12-44(8)59(51(92-11)38-55(83)77-36-21-26-50(77)64(88)78-37-20-25-49(78)61(85)70-39-45-22-15-13-16-23-45)75(9)65(89)57(42(4)5)74-63(87)58(43(6)7)76(10)67(91)93-40-46-28-30-47(31-29-46)71-60(84)48(24-19-34-69-66(68)90)72-62(86)56(41(2)3)73-52(80)27-17-14-18-35-79-53(81)32-33-54(79)82/h13,15-16,22-23,28-33,41-44,48-51,56-59H,12,14,17-21,24-27,34-40H2,1-11H3,(H,70,85)(H,71,84)(H,72,86)(H,73,80)(H,74,87)(H3,68,69,90)/t44-,48-,49-,50-,51+,56-,57-,58-,59?/m0/s1. The van der Waals surface area contributed by atoms with Crippen molar-refractivity contribution in [1.82, 2.24) is 51.1 Å². The number of benzene rings is 2. The van der Waals surface area contributed by atoms with Gasteiger partial charge in [0.15, 0.2) is 0 Å². The molecule has 2 aromatic rings. The first-order chi connectivity index (χ1) is 44.2. The second kappa shape index (κ2) is 36.7. The molecule has 9 atom stereocenters. The second-order valence-corrected chi connectivity index (χ2v) is 25.5. The molecule has 8 N–H and O–H groups in total. The van der Waals surface area contributed by atoms with Crippen molar-refractivity contribution in [2.45, 2.75) is 194 Å². The van der Waals surface area contributed by atoms with E-state index in [0.29, 0.717) is 82.3 Å². The first-order valence-electron chi connectivity index (χ1n) is 32.7. The van der Waals surface area contributed by atoms with Crippen LogP contribution >= 0.6 is 0 Å². The predicted molar refractivity (Wildman–Crippen MR) is 347 cm³/mol. The van der Waals surface area contributed by atoms with Crippen LogP contribution in [0.4, 0.5) is 15.3 Å². The second-order valence-electron chi connectivity index (χ2n) is 25.5. The van der Waals surface area contributed by atoms with Crippen LogP contribution in [0.1, 0.15) is 144 Å². The number of anilines is 1. The summed E-state index contributed by atoms with van der Waals surface area (Å²) in [5.74, 6) is -5.61. The molecule has 0 aliphatic carbocycles. The molecule has 0 aromatic heterocycles. The summed E-state index contributed by atoms with van der Waals surface area (Å²) in [4.78, 5) is 168. The molecule has 2 aromatic carbocycles. The molecule has 0 spiro atoms. The molecule has 3 aliphatic rings. The molecule has 5 rings (SSSR count). The smallest absolute Gasteiger partial charge is 0.410 e. The molecule has 0 saturated carbocycles. The van der Waals surface area contributed by atoms with Crippen molar-refractivity contribution in [3.8, 4) is 0 Å². The van der Waals surface area contributed by atoms with Crippen LogP contribution in [0.2, 0.25) is 0 Å². The van der Waals surface area contributed by atoms with E-state index in [1.807, 2.05) is 44.2 Å². The molecular weight excluding hydrogens is 1200 g/mol. The highest BCUT2D eigenvalue weighted by Gasteiger charge is 2.45. The van der Waals surface area contributed by atoms with Gasteiger partial charge in [-0.05, 0) is 98.3 Å². The van der Waals surface area contributed by atoms with Crippen molar-refractivity contribution >= 4 is 76.9 Å². The summed E-state index contributed by atoms with van der Waals surface area (Å²) >= 11 is 0. The quantitative estimate of drug-likeness (QED) is 0.0369. The first kappa shape index (κ1) is 75.3. The highest BCUT2D eigenvalue weighted by atomic mass is 16.6. The molecule has 512 valence electrons. The predicted octanol–water partition coefficient (Wildman–Crippen LogP) is 4.50. The van der Waals surface area contributed by atoms with Crippen molar-refractivity contribution in [3.05, 3.63) is 77.9 Å². The monoisotopic (exact) mass is 1300 g/mol. The van der Waals surface area contributed by atoms with Crippen molar-refractivity contribution in [1.29, 1.82) is 0 Å². The van der Waals surface area contributed by atoms with Gasteiger partial charge in [-0.1, -0.05) is 111 Å². The minimum Gasteiger partial charge on any atom is -0.445 e. The lowest BCUT2D eigenvalue weighted by atomic mass is 9.89. The maximum absolute atomic E-state index is 14.8. The number of urea groups is 1. The van der Waals surface area contributed by atoms with Gasteiger partial charge in [0, 0.05) is 78.2 Å². The molecule has 2 fully saturated rings. The Morgan fingerprint density at radius 3 is 1.91 bits per heavy atom. The van der Waals surface area contributed by atoms with E-state index in [9.17, 15) is 57.5 Å². The number of amides is 13. The van der Waals surface area contributed by atoms with Crippen LogP contribution in [0.25, 0.3) is 0 Å². The zero-order valence-electron chi connectivity index (χ0n) is 56.0. The zero-order valence-corrected chi connectivity index (χ0v) is 56.0. The van der Waals surface area contributed by atoms with Gasteiger partial charge in [0.2, 0.25) is 47.3 Å². The Bertz CT molecular complexity index is 2930. The Hall–Kier alpha value is -8.42. The van der Waals surface area contributed by atoms with Gasteiger partial charge >= 0.3 is 12.1 Å². The summed E-state index contributed by atoms with van der Waals surface area (Å²) in [6, 6.07) is 8.83. The van der Waals surface area contributed by atoms with E-state index in [2.05, 4.69) is 31.9 Å². The lowest BCUT2D eigenvalue weighted by molar-refractivity contribution is -0.150. The number of likely N-dealkylation sites (N-methyl/N-ethyl adjacent to an activating group) is 2. The third-order valence-electron chi connectivity index (χ3n) is 17.6. The minimum atomic E-state index is -1.11. The Balaban J connectivity index is 1.16. The molecule has 0 radical (unpaired) electrons. The lowest BCUT2D eigenvalue weighted by Crippen LogP contribution is -2.60.